The first-order valence-electron chi connectivity index (χ1n) is 10.2. The highest BCUT2D eigenvalue weighted by atomic mass is 16.5. The molecule has 2 saturated heterocycles. The van der Waals surface area contributed by atoms with Crippen LogP contribution < -0.4 is 4.74 Å². The molecule has 2 fully saturated rings. The number of para-hydroxylation sites is 1. The summed E-state index contributed by atoms with van der Waals surface area (Å²) in [6, 6.07) is 8.31. The number of rotatable bonds is 1. The van der Waals surface area contributed by atoms with Crippen LogP contribution in [0.2, 0.25) is 0 Å². The number of fused-ring (bicyclic) bond motifs is 3. The molecular formula is C23H32N2O2. The number of piperazine rings is 1. The maximum atomic E-state index is 6.67. The van der Waals surface area contributed by atoms with Crippen LogP contribution in [0.3, 0.4) is 0 Å². The summed E-state index contributed by atoms with van der Waals surface area (Å²) < 4.78 is 13.0. The summed E-state index contributed by atoms with van der Waals surface area (Å²) in [5.74, 6) is 8.22. The van der Waals surface area contributed by atoms with E-state index in [0.717, 1.165) is 51.3 Å². The third-order valence-electron chi connectivity index (χ3n) is 6.43. The molecule has 27 heavy (non-hydrogen) atoms. The molecule has 146 valence electrons. The van der Waals surface area contributed by atoms with Gasteiger partial charge in [-0.1, -0.05) is 30.0 Å². The Labute approximate surface area is 163 Å². The average Bonchev–Trinajstić information content (AvgIpc) is 2.63. The highest BCUT2D eigenvalue weighted by molar-refractivity contribution is 5.39. The number of benzene rings is 1. The van der Waals surface area contributed by atoms with Crippen LogP contribution >= 0.6 is 0 Å². The highest BCUT2D eigenvalue weighted by Crippen LogP contribution is 2.52. The summed E-state index contributed by atoms with van der Waals surface area (Å²) >= 11 is 0. The van der Waals surface area contributed by atoms with Crippen LogP contribution in [-0.4, -0.2) is 60.8 Å². The average molecular weight is 369 g/mol. The van der Waals surface area contributed by atoms with Gasteiger partial charge in [-0.25, -0.2) is 0 Å². The molecule has 0 radical (unpaired) electrons. The minimum atomic E-state index is -0.381. The van der Waals surface area contributed by atoms with Crippen LogP contribution in [0, 0.1) is 17.8 Å². The van der Waals surface area contributed by atoms with Crippen molar-refractivity contribution in [1.29, 1.82) is 0 Å². The van der Waals surface area contributed by atoms with Gasteiger partial charge in [-0.3, -0.25) is 4.90 Å². The lowest BCUT2D eigenvalue weighted by atomic mass is 9.73. The van der Waals surface area contributed by atoms with Gasteiger partial charge < -0.3 is 14.4 Å². The Morgan fingerprint density at radius 2 is 1.85 bits per heavy atom. The largest absolute Gasteiger partial charge is 0.487 e. The van der Waals surface area contributed by atoms with Crippen LogP contribution in [0.5, 0.6) is 5.75 Å². The molecule has 4 nitrogen and oxygen atoms in total. The van der Waals surface area contributed by atoms with Crippen molar-refractivity contribution < 1.29 is 9.47 Å². The highest BCUT2D eigenvalue weighted by Gasteiger charge is 2.49. The van der Waals surface area contributed by atoms with Gasteiger partial charge in [0.25, 0.3) is 0 Å². The molecule has 0 spiro atoms. The zero-order chi connectivity index (χ0) is 19.1. The summed E-state index contributed by atoms with van der Waals surface area (Å²) in [4.78, 5) is 4.81. The summed E-state index contributed by atoms with van der Waals surface area (Å²) in [7, 11) is 2.18. The van der Waals surface area contributed by atoms with Crippen molar-refractivity contribution in [2.24, 2.45) is 5.92 Å². The van der Waals surface area contributed by atoms with E-state index < -0.39 is 0 Å². The van der Waals surface area contributed by atoms with Crippen LogP contribution in [0.1, 0.15) is 45.3 Å². The zero-order valence-electron chi connectivity index (χ0n) is 17.1. The van der Waals surface area contributed by atoms with E-state index in [1.807, 2.05) is 6.07 Å². The maximum Gasteiger partial charge on any atom is 0.126 e. The molecule has 3 atom stereocenters. The maximum absolute atomic E-state index is 6.67. The first-order chi connectivity index (χ1) is 12.9. The Hall–Kier alpha value is -1.54. The normalized spacial score (nSPS) is 33.2. The SMILES string of the molecule is CN1CCN(CC#CC2(C)CCC3C(O2)c2ccccc2OC3(C)C)CC1. The smallest absolute Gasteiger partial charge is 0.126 e. The van der Waals surface area contributed by atoms with E-state index in [-0.39, 0.29) is 17.3 Å². The molecule has 0 amide bonds. The van der Waals surface area contributed by atoms with Crippen LogP contribution in [0.4, 0.5) is 0 Å². The summed E-state index contributed by atoms with van der Waals surface area (Å²) in [5, 5.41) is 0. The van der Waals surface area contributed by atoms with Crippen molar-refractivity contribution in [3.8, 4) is 17.6 Å². The molecule has 3 aliphatic rings. The van der Waals surface area contributed by atoms with Gasteiger partial charge in [0.15, 0.2) is 0 Å². The standard InChI is InChI=1S/C23H32N2O2/c1-22(2)19-10-12-23(3,11-7-13-25-16-14-24(4)15-17-25)27-21(19)18-8-5-6-9-20(18)26-22/h5-6,8-9,19,21H,10,12-17H2,1-4H3. The minimum Gasteiger partial charge on any atom is -0.487 e. The molecule has 0 bridgehead atoms. The molecule has 0 N–H and O–H groups in total. The fraction of sp³-hybridized carbons (Fsp3) is 0.652. The van der Waals surface area contributed by atoms with E-state index >= 15 is 0 Å². The quantitative estimate of drug-likeness (QED) is 0.710. The lowest BCUT2D eigenvalue weighted by Crippen LogP contribution is -2.51. The van der Waals surface area contributed by atoms with Gasteiger partial charge in [-0.2, -0.15) is 0 Å². The third-order valence-corrected chi connectivity index (χ3v) is 6.43. The molecule has 3 aliphatic heterocycles. The lowest BCUT2D eigenvalue weighted by molar-refractivity contribution is -0.169. The predicted molar refractivity (Wildman–Crippen MR) is 108 cm³/mol. The van der Waals surface area contributed by atoms with E-state index in [0.29, 0.717) is 5.92 Å². The predicted octanol–water partition coefficient (Wildman–Crippen LogP) is 3.33. The van der Waals surface area contributed by atoms with Gasteiger partial charge in [0.1, 0.15) is 17.0 Å². The van der Waals surface area contributed by atoms with Gasteiger partial charge in [0.05, 0.1) is 12.6 Å². The second kappa shape index (κ2) is 7.13. The summed E-state index contributed by atoms with van der Waals surface area (Å²) in [6.07, 6.45) is 2.09. The van der Waals surface area contributed by atoms with Crippen molar-refractivity contribution in [3.05, 3.63) is 29.8 Å². The molecule has 3 heterocycles. The molecule has 0 saturated carbocycles. The minimum absolute atomic E-state index is 0.0571. The number of ether oxygens (including phenoxy) is 2. The Morgan fingerprint density at radius 3 is 2.63 bits per heavy atom. The number of hydrogen-bond donors (Lipinski definition) is 0. The fourth-order valence-corrected chi connectivity index (χ4v) is 4.60. The number of hydrogen-bond acceptors (Lipinski definition) is 4. The van der Waals surface area contributed by atoms with Gasteiger partial charge in [-0.15, -0.1) is 0 Å². The second-order valence-electron chi connectivity index (χ2n) is 9.04. The molecule has 4 heteroatoms. The Kier molecular flexibility index (Phi) is 4.96. The van der Waals surface area contributed by atoms with E-state index in [1.54, 1.807) is 0 Å². The van der Waals surface area contributed by atoms with Crippen LogP contribution in [-0.2, 0) is 4.74 Å². The molecule has 0 aliphatic carbocycles. The Morgan fingerprint density at radius 1 is 1.11 bits per heavy atom. The van der Waals surface area contributed by atoms with Crippen molar-refractivity contribution >= 4 is 0 Å². The van der Waals surface area contributed by atoms with E-state index in [2.05, 4.69) is 67.7 Å². The van der Waals surface area contributed by atoms with Crippen molar-refractivity contribution in [2.75, 3.05) is 39.8 Å². The van der Waals surface area contributed by atoms with E-state index in [1.165, 1.54) is 5.56 Å². The van der Waals surface area contributed by atoms with Crippen LogP contribution in [0.15, 0.2) is 24.3 Å². The molecule has 1 aromatic carbocycles. The summed E-state index contributed by atoms with van der Waals surface area (Å²) in [6.45, 7) is 11.8. The van der Waals surface area contributed by atoms with Crippen molar-refractivity contribution in [2.45, 2.75) is 50.9 Å². The van der Waals surface area contributed by atoms with Gasteiger partial charge in [0.2, 0.25) is 0 Å². The van der Waals surface area contributed by atoms with E-state index in [9.17, 15) is 0 Å². The van der Waals surface area contributed by atoms with Crippen molar-refractivity contribution in [1.82, 2.24) is 9.80 Å². The van der Waals surface area contributed by atoms with E-state index in [4.69, 9.17) is 9.47 Å². The number of nitrogens with zero attached hydrogens (tertiary/aromatic N) is 2. The molecular weight excluding hydrogens is 336 g/mol. The zero-order valence-corrected chi connectivity index (χ0v) is 17.1. The monoisotopic (exact) mass is 368 g/mol. The Balaban J connectivity index is 1.49. The Bertz CT molecular complexity index is 742. The van der Waals surface area contributed by atoms with Crippen LogP contribution in [0.25, 0.3) is 0 Å². The molecule has 4 rings (SSSR count). The van der Waals surface area contributed by atoms with Gasteiger partial charge >= 0.3 is 0 Å². The first-order valence-corrected chi connectivity index (χ1v) is 10.2. The van der Waals surface area contributed by atoms with Gasteiger partial charge in [-0.05, 0) is 46.7 Å². The third kappa shape index (κ3) is 3.87. The lowest BCUT2D eigenvalue weighted by Gasteiger charge is -2.50. The second-order valence-corrected chi connectivity index (χ2v) is 9.04. The van der Waals surface area contributed by atoms with Crippen molar-refractivity contribution in [3.63, 3.8) is 0 Å². The van der Waals surface area contributed by atoms with Gasteiger partial charge in [0, 0.05) is 37.7 Å². The first kappa shape index (κ1) is 18.8. The summed E-state index contributed by atoms with van der Waals surface area (Å²) in [5.41, 5.74) is 0.579. The molecule has 3 unspecified atom stereocenters. The fourth-order valence-electron chi connectivity index (χ4n) is 4.60. The topological polar surface area (TPSA) is 24.9 Å². The molecule has 1 aromatic rings. The number of likely N-dealkylation sites (N-methyl/N-ethyl adjacent to an activating group) is 1. The molecule has 0 aromatic heterocycles.